The number of rotatable bonds is 2. The lowest BCUT2D eigenvalue weighted by atomic mass is 9.94. The molecule has 1 aromatic rings. The van der Waals surface area contributed by atoms with Gasteiger partial charge in [0, 0.05) is 12.6 Å². The summed E-state index contributed by atoms with van der Waals surface area (Å²) in [6.45, 7) is 0.791. The third kappa shape index (κ3) is 2.87. The minimum atomic E-state index is -0.0826. The highest BCUT2D eigenvalue weighted by molar-refractivity contribution is 5.82. The van der Waals surface area contributed by atoms with Gasteiger partial charge in [0.15, 0.2) is 0 Å². The van der Waals surface area contributed by atoms with E-state index in [1.54, 1.807) is 0 Å². The van der Waals surface area contributed by atoms with Gasteiger partial charge in [-0.3, -0.25) is 4.79 Å². The van der Waals surface area contributed by atoms with Crippen LogP contribution in [0.1, 0.15) is 30.4 Å². The van der Waals surface area contributed by atoms with Gasteiger partial charge >= 0.3 is 0 Å². The van der Waals surface area contributed by atoms with E-state index in [0.29, 0.717) is 6.04 Å². The van der Waals surface area contributed by atoms with Crippen molar-refractivity contribution in [2.24, 2.45) is 0 Å². The molecule has 0 spiro atoms. The van der Waals surface area contributed by atoms with Gasteiger partial charge in [-0.1, -0.05) is 36.4 Å². The van der Waals surface area contributed by atoms with Crippen LogP contribution in [0.2, 0.25) is 0 Å². The topological polar surface area (TPSA) is 41.1 Å². The molecule has 2 unspecified atom stereocenters. The van der Waals surface area contributed by atoms with Crippen molar-refractivity contribution in [3.8, 4) is 0 Å². The average Bonchev–Trinajstić information content (AvgIpc) is 2.48. The third-order valence-corrected chi connectivity index (χ3v) is 4.01. The maximum Gasteiger partial charge on any atom is 0.237 e. The van der Waals surface area contributed by atoms with Gasteiger partial charge in [0.2, 0.25) is 5.91 Å². The molecule has 1 aromatic carbocycles. The Hall–Kier alpha value is -1.61. The lowest BCUT2D eigenvalue weighted by Crippen LogP contribution is -2.50. The molecule has 2 aliphatic rings. The summed E-state index contributed by atoms with van der Waals surface area (Å²) >= 11 is 0. The number of carbonyl (C=O) groups is 1. The number of benzene rings is 1. The zero-order valence-electron chi connectivity index (χ0n) is 11.1. The number of amides is 1. The van der Waals surface area contributed by atoms with E-state index in [1.807, 2.05) is 6.07 Å². The SMILES string of the molecule is O=C(NC1CC=CCC1)C1Cc2ccccc2CN1. The second kappa shape index (κ2) is 5.57. The summed E-state index contributed by atoms with van der Waals surface area (Å²) in [5.74, 6) is 0.148. The first-order valence-electron chi connectivity index (χ1n) is 7.08. The van der Waals surface area contributed by atoms with Crippen molar-refractivity contribution in [2.45, 2.75) is 44.3 Å². The van der Waals surface area contributed by atoms with Gasteiger partial charge in [-0.2, -0.15) is 0 Å². The van der Waals surface area contributed by atoms with Crippen LogP contribution in [-0.4, -0.2) is 18.0 Å². The van der Waals surface area contributed by atoms with Crippen molar-refractivity contribution >= 4 is 5.91 Å². The summed E-state index contributed by atoms with van der Waals surface area (Å²) in [7, 11) is 0. The predicted molar refractivity (Wildman–Crippen MR) is 75.7 cm³/mol. The molecule has 0 saturated heterocycles. The first-order valence-corrected chi connectivity index (χ1v) is 7.08. The van der Waals surface area contributed by atoms with Gasteiger partial charge in [0.05, 0.1) is 6.04 Å². The maximum atomic E-state index is 12.3. The van der Waals surface area contributed by atoms with Crippen molar-refractivity contribution in [3.05, 3.63) is 47.5 Å². The molecule has 3 nitrogen and oxygen atoms in total. The molecular weight excluding hydrogens is 236 g/mol. The number of allylic oxidation sites excluding steroid dienone is 1. The van der Waals surface area contributed by atoms with Crippen LogP contribution in [0.5, 0.6) is 0 Å². The Balaban J connectivity index is 1.61. The Morgan fingerprint density at radius 1 is 1.21 bits per heavy atom. The Morgan fingerprint density at radius 2 is 2.05 bits per heavy atom. The van der Waals surface area contributed by atoms with Crippen molar-refractivity contribution in [1.82, 2.24) is 10.6 Å². The number of carbonyl (C=O) groups excluding carboxylic acids is 1. The number of fused-ring (bicyclic) bond motifs is 1. The van der Waals surface area contributed by atoms with E-state index < -0.39 is 0 Å². The normalized spacial score (nSPS) is 25.7. The lowest BCUT2D eigenvalue weighted by molar-refractivity contribution is -0.124. The number of hydrogen-bond donors (Lipinski definition) is 2. The van der Waals surface area contributed by atoms with Crippen molar-refractivity contribution in [3.63, 3.8) is 0 Å². The molecule has 1 heterocycles. The summed E-state index contributed by atoms with van der Waals surface area (Å²) in [5.41, 5.74) is 2.61. The van der Waals surface area contributed by atoms with Crippen molar-refractivity contribution in [2.75, 3.05) is 0 Å². The van der Waals surface area contributed by atoms with Gasteiger partial charge in [-0.15, -0.1) is 0 Å². The average molecular weight is 256 g/mol. The van der Waals surface area contributed by atoms with E-state index >= 15 is 0 Å². The summed E-state index contributed by atoms with van der Waals surface area (Å²) < 4.78 is 0. The zero-order chi connectivity index (χ0) is 13.1. The van der Waals surface area contributed by atoms with Crippen LogP contribution < -0.4 is 10.6 Å². The summed E-state index contributed by atoms with van der Waals surface area (Å²) in [5, 5.41) is 6.50. The fourth-order valence-electron chi connectivity index (χ4n) is 2.87. The van der Waals surface area contributed by atoms with Crippen LogP contribution >= 0.6 is 0 Å². The highest BCUT2D eigenvalue weighted by Gasteiger charge is 2.25. The van der Waals surface area contributed by atoms with Crippen LogP contribution in [0.15, 0.2) is 36.4 Å². The predicted octanol–water partition coefficient (Wildman–Crippen LogP) is 1.93. The van der Waals surface area contributed by atoms with Crippen LogP contribution in [0.4, 0.5) is 0 Å². The molecule has 0 saturated carbocycles. The van der Waals surface area contributed by atoms with Crippen LogP contribution in [-0.2, 0) is 17.8 Å². The second-order valence-electron chi connectivity index (χ2n) is 5.40. The van der Waals surface area contributed by atoms with E-state index in [1.165, 1.54) is 11.1 Å². The van der Waals surface area contributed by atoms with Crippen LogP contribution in [0.3, 0.4) is 0 Å². The highest BCUT2D eigenvalue weighted by atomic mass is 16.2. The van der Waals surface area contributed by atoms with Gasteiger partial charge in [0.25, 0.3) is 0 Å². The fraction of sp³-hybridized carbons (Fsp3) is 0.438. The van der Waals surface area contributed by atoms with Gasteiger partial charge in [-0.05, 0) is 36.8 Å². The minimum absolute atomic E-state index is 0.0826. The smallest absolute Gasteiger partial charge is 0.237 e. The zero-order valence-corrected chi connectivity index (χ0v) is 11.1. The minimum Gasteiger partial charge on any atom is -0.352 e. The van der Waals surface area contributed by atoms with Crippen LogP contribution in [0.25, 0.3) is 0 Å². The summed E-state index contributed by atoms with van der Waals surface area (Å²) in [4.78, 5) is 12.3. The molecule has 2 atom stereocenters. The van der Waals surface area contributed by atoms with Gasteiger partial charge in [0.1, 0.15) is 0 Å². The molecule has 0 radical (unpaired) electrons. The largest absolute Gasteiger partial charge is 0.352 e. The molecule has 0 aromatic heterocycles. The monoisotopic (exact) mass is 256 g/mol. The van der Waals surface area contributed by atoms with E-state index in [9.17, 15) is 4.79 Å². The van der Waals surface area contributed by atoms with Gasteiger partial charge < -0.3 is 10.6 Å². The van der Waals surface area contributed by atoms with E-state index in [4.69, 9.17) is 0 Å². The van der Waals surface area contributed by atoms with E-state index in [2.05, 4.69) is 41.0 Å². The molecule has 0 fully saturated rings. The first kappa shape index (κ1) is 12.4. The number of nitrogens with one attached hydrogen (secondary N) is 2. The van der Waals surface area contributed by atoms with Crippen molar-refractivity contribution < 1.29 is 4.79 Å². The van der Waals surface area contributed by atoms with E-state index in [0.717, 1.165) is 32.2 Å². The van der Waals surface area contributed by atoms with Gasteiger partial charge in [-0.25, -0.2) is 0 Å². The molecule has 1 amide bonds. The second-order valence-corrected chi connectivity index (χ2v) is 5.40. The molecule has 2 N–H and O–H groups in total. The first-order chi connectivity index (χ1) is 9.33. The highest BCUT2D eigenvalue weighted by Crippen LogP contribution is 2.17. The Bertz CT molecular complexity index is 495. The molecule has 1 aliphatic heterocycles. The molecule has 3 rings (SSSR count). The third-order valence-electron chi connectivity index (χ3n) is 4.01. The van der Waals surface area contributed by atoms with E-state index in [-0.39, 0.29) is 11.9 Å². The standard InChI is InChI=1S/C16H20N2O/c19-16(18-14-8-2-1-3-9-14)15-10-12-6-4-5-7-13(12)11-17-15/h1-2,4-7,14-15,17H,3,8-11H2,(H,18,19). The number of hydrogen-bond acceptors (Lipinski definition) is 2. The van der Waals surface area contributed by atoms with Crippen molar-refractivity contribution in [1.29, 1.82) is 0 Å². The molecule has 100 valence electrons. The summed E-state index contributed by atoms with van der Waals surface area (Å²) in [6, 6.07) is 8.58. The summed E-state index contributed by atoms with van der Waals surface area (Å²) in [6.07, 6.45) is 8.26. The maximum absolute atomic E-state index is 12.3. The quantitative estimate of drug-likeness (QED) is 0.794. The Morgan fingerprint density at radius 3 is 2.84 bits per heavy atom. The fourth-order valence-corrected chi connectivity index (χ4v) is 2.87. The Labute approximate surface area is 114 Å². The molecule has 0 bridgehead atoms. The Kier molecular flexibility index (Phi) is 3.65. The molecular formula is C16H20N2O. The molecule has 3 heteroatoms. The molecule has 19 heavy (non-hydrogen) atoms. The molecule has 1 aliphatic carbocycles. The lowest BCUT2D eigenvalue weighted by Gasteiger charge is -2.28. The van der Waals surface area contributed by atoms with Crippen LogP contribution in [0, 0.1) is 0 Å².